The van der Waals surface area contributed by atoms with Crippen LogP contribution in [0.2, 0.25) is 0 Å². The Kier molecular flexibility index (Phi) is 6.04. The van der Waals surface area contributed by atoms with E-state index in [2.05, 4.69) is 53.5 Å². The minimum Gasteiger partial charge on any atom is -0.309 e. The lowest BCUT2D eigenvalue weighted by atomic mass is 10.1. The van der Waals surface area contributed by atoms with Gasteiger partial charge in [-0.3, -0.25) is 0 Å². The Morgan fingerprint density at radius 1 is 1.40 bits per heavy atom. The van der Waals surface area contributed by atoms with Crippen molar-refractivity contribution in [2.45, 2.75) is 44.7 Å². The number of likely N-dealkylation sites (tertiary alicyclic amines) is 1. The number of nitrogens with one attached hydrogen (secondary N) is 1. The van der Waals surface area contributed by atoms with Crippen molar-refractivity contribution >= 4 is 0 Å². The van der Waals surface area contributed by atoms with Gasteiger partial charge in [0.1, 0.15) is 0 Å². The van der Waals surface area contributed by atoms with Gasteiger partial charge in [0.25, 0.3) is 0 Å². The fourth-order valence-corrected chi connectivity index (χ4v) is 2.87. The van der Waals surface area contributed by atoms with Crippen LogP contribution < -0.4 is 5.32 Å². The highest BCUT2D eigenvalue weighted by Crippen LogP contribution is 2.12. The fourth-order valence-electron chi connectivity index (χ4n) is 2.87. The Morgan fingerprint density at radius 3 is 2.90 bits per heavy atom. The monoisotopic (exact) mass is 271 g/mol. The molecule has 1 heterocycles. The lowest BCUT2D eigenvalue weighted by Crippen LogP contribution is -2.39. The molecule has 0 radical (unpaired) electrons. The van der Waals surface area contributed by atoms with Crippen LogP contribution in [0.4, 0.5) is 0 Å². The average Bonchev–Trinajstić information content (AvgIpc) is 2.93. The van der Waals surface area contributed by atoms with Crippen molar-refractivity contribution in [2.75, 3.05) is 19.6 Å². The Bertz CT molecular complexity index is 424. The number of nitrogens with zero attached hydrogens (tertiary/aromatic N) is 2. The SMILES string of the molecule is CCC(CC#N)NC1CCN(CCc2ccccc2)C1. The van der Waals surface area contributed by atoms with Gasteiger partial charge in [0.05, 0.1) is 12.5 Å². The van der Waals surface area contributed by atoms with E-state index in [9.17, 15) is 0 Å². The average molecular weight is 271 g/mol. The third kappa shape index (κ3) is 4.63. The first-order chi connectivity index (χ1) is 9.81. The summed E-state index contributed by atoms with van der Waals surface area (Å²) < 4.78 is 0. The highest BCUT2D eigenvalue weighted by Gasteiger charge is 2.23. The zero-order valence-corrected chi connectivity index (χ0v) is 12.4. The Morgan fingerprint density at radius 2 is 2.20 bits per heavy atom. The molecule has 0 aromatic heterocycles. The number of hydrogen-bond donors (Lipinski definition) is 1. The second kappa shape index (κ2) is 8.04. The molecule has 1 aromatic rings. The van der Waals surface area contributed by atoms with Crippen molar-refractivity contribution in [3.05, 3.63) is 35.9 Å². The van der Waals surface area contributed by atoms with Crippen LogP contribution in [0.15, 0.2) is 30.3 Å². The largest absolute Gasteiger partial charge is 0.309 e. The molecule has 1 aliphatic rings. The molecule has 0 spiro atoms. The molecule has 0 bridgehead atoms. The zero-order valence-electron chi connectivity index (χ0n) is 12.4. The zero-order chi connectivity index (χ0) is 14.2. The van der Waals surface area contributed by atoms with Crippen LogP contribution in [0, 0.1) is 11.3 Å². The van der Waals surface area contributed by atoms with E-state index in [1.54, 1.807) is 0 Å². The predicted molar refractivity (Wildman–Crippen MR) is 82.4 cm³/mol. The van der Waals surface area contributed by atoms with Crippen LogP contribution in [-0.2, 0) is 6.42 Å². The van der Waals surface area contributed by atoms with Gasteiger partial charge in [-0.05, 0) is 31.4 Å². The van der Waals surface area contributed by atoms with E-state index >= 15 is 0 Å². The van der Waals surface area contributed by atoms with Crippen LogP contribution in [0.25, 0.3) is 0 Å². The number of rotatable bonds is 7. The number of hydrogen-bond acceptors (Lipinski definition) is 3. The third-order valence-electron chi connectivity index (χ3n) is 4.13. The Labute approximate surface area is 122 Å². The lowest BCUT2D eigenvalue weighted by Gasteiger charge is -2.20. The van der Waals surface area contributed by atoms with Gasteiger partial charge in [-0.2, -0.15) is 5.26 Å². The van der Waals surface area contributed by atoms with Gasteiger partial charge >= 0.3 is 0 Å². The highest BCUT2D eigenvalue weighted by atomic mass is 15.2. The quantitative estimate of drug-likeness (QED) is 0.828. The van der Waals surface area contributed by atoms with Crippen LogP contribution in [0.1, 0.15) is 31.7 Å². The molecule has 1 aromatic carbocycles. The minimum absolute atomic E-state index is 0.360. The summed E-state index contributed by atoms with van der Waals surface area (Å²) in [7, 11) is 0. The van der Waals surface area contributed by atoms with Crippen LogP contribution in [0.5, 0.6) is 0 Å². The summed E-state index contributed by atoms with van der Waals surface area (Å²) in [4.78, 5) is 2.53. The van der Waals surface area contributed by atoms with Gasteiger partial charge in [0.2, 0.25) is 0 Å². The molecule has 3 heteroatoms. The molecule has 108 valence electrons. The molecule has 3 nitrogen and oxygen atoms in total. The van der Waals surface area contributed by atoms with E-state index in [1.807, 2.05) is 0 Å². The highest BCUT2D eigenvalue weighted by molar-refractivity contribution is 5.14. The van der Waals surface area contributed by atoms with Crippen molar-refractivity contribution in [3.8, 4) is 6.07 Å². The van der Waals surface area contributed by atoms with Crippen LogP contribution >= 0.6 is 0 Å². The number of benzene rings is 1. The second-order valence-electron chi connectivity index (χ2n) is 5.66. The molecular formula is C17H25N3. The number of nitriles is 1. The lowest BCUT2D eigenvalue weighted by molar-refractivity contribution is 0.324. The molecule has 1 N–H and O–H groups in total. The molecule has 2 rings (SSSR count). The fraction of sp³-hybridized carbons (Fsp3) is 0.588. The molecule has 1 saturated heterocycles. The molecule has 1 aliphatic heterocycles. The van der Waals surface area contributed by atoms with Crippen molar-refractivity contribution < 1.29 is 0 Å². The summed E-state index contributed by atoms with van der Waals surface area (Å²) in [5.41, 5.74) is 1.42. The van der Waals surface area contributed by atoms with E-state index in [0.29, 0.717) is 18.5 Å². The van der Waals surface area contributed by atoms with Gasteiger partial charge in [-0.1, -0.05) is 37.3 Å². The minimum atomic E-state index is 0.360. The maximum absolute atomic E-state index is 8.80. The van der Waals surface area contributed by atoms with Gasteiger partial charge in [0, 0.05) is 25.2 Å². The normalized spacial score (nSPS) is 20.7. The van der Waals surface area contributed by atoms with Crippen molar-refractivity contribution in [1.82, 2.24) is 10.2 Å². The van der Waals surface area contributed by atoms with Crippen molar-refractivity contribution in [2.24, 2.45) is 0 Å². The van der Waals surface area contributed by atoms with Gasteiger partial charge in [-0.25, -0.2) is 0 Å². The standard InChI is InChI=1S/C17H25N3/c1-2-16(8-11-18)19-17-10-13-20(14-17)12-9-15-6-4-3-5-7-15/h3-7,16-17,19H,2,8-10,12-14H2,1H3. The molecule has 0 amide bonds. The first-order valence-corrected chi connectivity index (χ1v) is 7.71. The second-order valence-corrected chi connectivity index (χ2v) is 5.66. The predicted octanol–water partition coefficient (Wildman–Crippen LogP) is 2.59. The molecule has 20 heavy (non-hydrogen) atoms. The maximum Gasteiger partial charge on any atom is 0.0638 e. The summed E-state index contributed by atoms with van der Waals surface area (Å²) in [5.74, 6) is 0. The van der Waals surface area contributed by atoms with Crippen molar-refractivity contribution in [1.29, 1.82) is 5.26 Å². The van der Waals surface area contributed by atoms with E-state index in [1.165, 1.54) is 18.5 Å². The smallest absolute Gasteiger partial charge is 0.0638 e. The first kappa shape index (κ1) is 15.0. The summed E-state index contributed by atoms with van der Waals surface area (Å²) >= 11 is 0. The van der Waals surface area contributed by atoms with Gasteiger partial charge in [0.15, 0.2) is 0 Å². The molecule has 2 atom stereocenters. The van der Waals surface area contributed by atoms with E-state index < -0.39 is 0 Å². The molecule has 1 fully saturated rings. The van der Waals surface area contributed by atoms with E-state index in [0.717, 1.165) is 25.9 Å². The summed E-state index contributed by atoms with van der Waals surface area (Å²) in [5, 5.41) is 12.4. The summed E-state index contributed by atoms with van der Waals surface area (Å²) in [6.45, 7) is 5.58. The molecular weight excluding hydrogens is 246 g/mol. The molecule has 0 saturated carbocycles. The van der Waals surface area contributed by atoms with E-state index in [-0.39, 0.29) is 0 Å². The van der Waals surface area contributed by atoms with Crippen molar-refractivity contribution in [3.63, 3.8) is 0 Å². The summed E-state index contributed by atoms with van der Waals surface area (Å²) in [6, 6.07) is 13.9. The van der Waals surface area contributed by atoms with Crippen LogP contribution in [-0.4, -0.2) is 36.6 Å². The molecule has 0 aliphatic carbocycles. The van der Waals surface area contributed by atoms with E-state index in [4.69, 9.17) is 5.26 Å². The maximum atomic E-state index is 8.80. The first-order valence-electron chi connectivity index (χ1n) is 7.71. The topological polar surface area (TPSA) is 39.1 Å². The Balaban J connectivity index is 1.71. The Hall–Kier alpha value is -1.37. The van der Waals surface area contributed by atoms with Crippen LogP contribution in [0.3, 0.4) is 0 Å². The third-order valence-corrected chi connectivity index (χ3v) is 4.13. The molecule has 2 unspecified atom stereocenters. The summed E-state index contributed by atoms with van der Waals surface area (Å²) in [6.07, 6.45) is 3.99. The van der Waals surface area contributed by atoms with Gasteiger partial charge in [-0.15, -0.1) is 0 Å². The van der Waals surface area contributed by atoms with Gasteiger partial charge < -0.3 is 10.2 Å².